The lowest BCUT2D eigenvalue weighted by Gasteiger charge is -2.17. The summed E-state index contributed by atoms with van der Waals surface area (Å²) in [6.45, 7) is 9.68. The summed E-state index contributed by atoms with van der Waals surface area (Å²) < 4.78 is 9.98. The van der Waals surface area contributed by atoms with Gasteiger partial charge in [0.25, 0.3) is 0 Å². The van der Waals surface area contributed by atoms with E-state index in [0.29, 0.717) is 5.92 Å². The van der Waals surface area contributed by atoms with E-state index < -0.39 is 6.16 Å². The molecule has 0 rings (SSSR count). The highest BCUT2D eigenvalue weighted by molar-refractivity contribution is 5.60. The highest BCUT2D eigenvalue weighted by atomic mass is 16.7. The van der Waals surface area contributed by atoms with Crippen LogP contribution in [0.1, 0.15) is 41.0 Å². The van der Waals surface area contributed by atoms with Gasteiger partial charge < -0.3 is 9.47 Å². The molecule has 2 atom stereocenters. The quantitative estimate of drug-likeness (QED) is 0.636. The Balaban J connectivity index is 3.74. The van der Waals surface area contributed by atoms with Crippen LogP contribution < -0.4 is 0 Å². The number of carbonyl (C=O) groups excluding carboxylic acids is 1. The van der Waals surface area contributed by atoms with E-state index in [1.807, 2.05) is 34.6 Å². The maximum Gasteiger partial charge on any atom is 0.508 e. The van der Waals surface area contributed by atoms with Crippen molar-refractivity contribution < 1.29 is 14.3 Å². The normalized spacial score (nSPS) is 15.2. The molecule has 0 aromatic rings. The zero-order valence-corrected chi connectivity index (χ0v) is 9.16. The Labute approximate surface area is 80.4 Å². The van der Waals surface area contributed by atoms with Gasteiger partial charge in [0.05, 0.1) is 0 Å². The van der Waals surface area contributed by atoms with Crippen LogP contribution in [0, 0.1) is 5.92 Å². The molecule has 0 bridgehead atoms. The summed E-state index contributed by atoms with van der Waals surface area (Å²) in [6, 6.07) is 0. The van der Waals surface area contributed by atoms with Gasteiger partial charge >= 0.3 is 6.16 Å². The van der Waals surface area contributed by atoms with Crippen molar-refractivity contribution in [3.63, 3.8) is 0 Å². The summed E-state index contributed by atoms with van der Waals surface area (Å²) >= 11 is 0. The molecular weight excluding hydrogens is 168 g/mol. The smallest absolute Gasteiger partial charge is 0.431 e. The lowest BCUT2D eigenvalue weighted by Crippen LogP contribution is -2.23. The second kappa shape index (κ2) is 5.84. The summed E-state index contributed by atoms with van der Waals surface area (Å²) in [5.74, 6) is 0.324. The third-order valence-electron chi connectivity index (χ3n) is 2.09. The molecule has 0 spiro atoms. The van der Waals surface area contributed by atoms with E-state index in [0.717, 1.165) is 6.42 Å². The van der Waals surface area contributed by atoms with Crippen molar-refractivity contribution in [3.05, 3.63) is 0 Å². The van der Waals surface area contributed by atoms with Gasteiger partial charge in [-0.1, -0.05) is 20.8 Å². The molecule has 0 amide bonds. The first kappa shape index (κ1) is 12.3. The van der Waals surface area contributed by atoms with Gasteiger partial charge in [-0.15, -0.1) is 0 Å². The Morgan fingerprint density at radius 3 is 2.08 bits per heavy atom. The van der Waals surface area contributed by atoms with Crippen LogP contribution in [0.4, 0.5) is 4.79 Å². The Bertz CT molecular complexity index is 154. The SMILES string of the molecule is CC[C@@H](C)OC(=O)O[C@H](C)C(C)C. The molecular formula is C10H20O3. The molecule has 0 unspecified atom stereocenters. The fourth-order valence-electron chi connectivity index (χ4n) is 0.563. The second-order valence-electron chi connectivity index (χ2n) is 3.65. The fraction of sp³-hybridized carbons (Fsp3) is 0.900. The maximum atomic E-state index is 11.1. The predicted octanol–water partition coefficient (Wildman–Crippen LogP) is 2.98. The van der Waals surface area contributed by atoms with Crippen molar-refractivity contribution in [2.75, 3.05) is 0 Å². The van der Waals surface area contributed by atoms with E-state index in [-0.39, 0.29) is 12.2 Å². The zero-order chi connectivity index (χ0) is 10.4. The molecule has 0 aliphatic rings. The molecule has 0 radical (unpaired) electrons. The molecule has 0 fully saturated rings. The van der Waals surface area contributed by atoms with Gasteiger partial charge in [0, 0.05) is 0 Å². The average molecular weight is 188 g/mol. The van der Waals surface area contributed by atoms with Gasteiger partial charge in [-0.05, 0) is 26.2 Å². The van der Waals surface area contributed by atoms with Gasteiger partial charge in [0.2, 0.25) is 0 Å². The lowest BCUT2D eigenvalue weighted by atomic mass is 10.1. The van der Waals surface area contributed by atoms with Crippen molar-refractivity contribution in [1.29, 1.82) is 0 Å². The number of rotatable bonds is 4. The molecule has 0 aromatic heterocycles. The molecule has 3 heteroatoms. The molecule has 78 valence electrons. The van der Waals surface area contributed by atoms with Crippen LogP contribution in [0.2, 0.25) is 0 Å². The van der Waals surface area contributed by atoms with Gasteiger partial charge in [0.1, 0.15) is 12.2 Å². The molecule has 0 aromatic carbocycles. The highest BCUT2D eigenvalue weighted by Gasteiger charge is 2.15. The minimum atomic E-state index is -0.560. The average Bonchev–Trinajstić information content (AvgIpc) is 2.03. The van der Waals surface area contributed by atoms with Crippen LogP contribution in [0.25, 0.3) is 0 Å². The molecule has 0 heterocycles. The monoisotopic (exact) mass is 188 g/mol. The zero-order valence-electron chi connectivity index (χ0n) is 9.16. The van der Waals surface area contributed by atoms with Gasteiger partial charge in [-0.2, -0.15) is 0 Å². The molecule has 3 nitrogen and oxygen atoms in total. The Morgan fingerprint density at radius 1 is 1.15 bits per heavy atom. The number of ether oxygens (including phenoxy) is 2. The highest BCUT2D eigenvalue weighted by Crippen LogP contribution is 2.07. The third kappa shape index (κ3) is 5.50. The molecule has 0 N–H and O–H groups in total. The van der Waals surface area contributed by atoms with E-state index in [4.69, 9.17) is 9.47 Å². The molecule has 0 saturated carbocycles. The number of carbonyl (C=O) groups is 1. The Hall–Kier alpha value is -0.730. The molecule has 0 saturated heterocycles. The fourth-order valence-corrected chi connectivity index (χ4v) is 0.563. The van der Waals surface area contributed by atoms with Crippen molar-refractivity contribution in [1.82, 2.24) is 0 Å². The van der Waals surface area contributed by atoms with E-state index in [2.05, 4.69) is 0 Å². The minimum Gasteiger partial charge on any atom is -0.431 e. The van der Waals surface area contributed by atoms with Crippen LogP contribution in [-0.2, 0) is 9.47 Å². The first-order chi connectivity index (χ1) is 5.97. The number of hydrogen-bond acceptors (Lipinski definition) is 3. The summed E-state index contributed by atoms with van der Waals surface area (Å²) in [4.78, 5) is 11.1. The standard InChI is InChI=1S/C10H20O3/c1-6-8(4)12-10(11)13-9(5)7(2)3/h7-9H,6H2,1-5H3/t8-,9-/m1/s1. The topological polar surface area (TPSA) is 35.5 Å². The minimum absolute atomic E-state index is 0.0631. The van der Waals surface area contributed by atoms with Crippen molar-refractivity contribution in [3.8, 4) is 0 Å². The molecule has 0 aliphatic heterocycles. The van der Waals surface area contributed by atoms with E-state index >= 15 is 0 Å². The summed E-state index contributed by atoms with van der Waals surface area (Å²) in [5.41, 5.74) is 0. The maximum absolute atomic E-state index is 11.1. The van der Waals surface area contributed by atoms with Crippen LogP contribution in [-0.4, -0.2) is 18.4 Å². The second-order valence-corrected chi connectivity index (χ2v) is 3.65. The van der Waals surface area contributed by atoms with Crippen LogP contribution >= 0.6 is 0 Å². The lowest BCUT2D eigenvalue weighted by molar-refractivity contribution is -0.00483. The van der Waals surface area contributed by atoms with Crippen LogP contribution in [0.15, 0.2) is 0 Å². The number of hydrogen-bond donors (Lipinski definition) is 0. The summed E-state index contributed by atoms with van der Waals surface area (Å²) in [6.07, 6.45) is 0.101. The first-order valence-corrected chi connectivity index (χ1v) is 4.84. The summed E-state index contributed by atoms with van der Waals surface area (Å²) in [7, 11) is 0. The van der Waals surface area contributed by atoms with Crippen molar-refractivity contribution >= 4 is 6.16 Å². The van der Waals surface area contributed by atoms with Crippen molar-refractivity contribution in [2.24, 2.45) is 5.92 Å². The largest absolute Gasteiger partial charge is 0.508 e. The van der Waals surface area contributed by atoms with E-state index in [1.54, 1.807) is 0 Å². The van der Waals surface area contributed by atoms with E-state index in [9.17, 15) is 4.79 Å². The van der Waals surface area contributed by atoms with Crippen molar-refractivity contribution in [2.45, 2.75) is 53.2 Å². The van der Waals surface area contributed by atoms with Crippen LogP contribution in [0.5, 0.6) is 0 Å². The summed E-state index contributed by atoms with van der Waals surface area (Å²) in [5, 5.41) is 0. The van der Waals surface area contributed by atoms with Gasteiger partial charge in [-0.25, -0.2) is 4.79 Å². The Morgan fingerprint density at radius 2 is 1.69 bits per heavy atom. The van der Waals surface area contributed by atoms with Gasteiger partial charge in [-0.3, -0.25) is 0 Å². The van der Waals surface area contributed by atoms with Crippen LogP contribution in [0.3, 0.4) is 0 Å². The molecule has 0 aliphatic carbocycles. The van der Waals surface area contributed by atoms with E-state index in [1.165, 1.54) is 0 Å². The Kier molecular flexibility index (Phi) is 5.51. The third-order valence-corrected chi connectivity index (χ3v) is 2.09. The first-order valence-electron chi connectivity index (χ1n) is 4.84. The van der Waals surface area contributed by atoms with Gasteiger partial charge in [0.15, 0.2) is 0 Å². The molecule has 13 heavy (non-hydrogen) atoms. The predicted molar refractivity (Wildman–Crippen MR) is 51.6 cm³/mol.